The van der Waals surface area contributed by atoms with E-state index in [-0.39, 0.29) is 21.5 Å². The van der Waals surface area contributed by atoms with E-state index >= 15 is 0 Å². The Morgan fingerprint density at radius 2 is 1.88 bits per heavy atom. The summed E-state index contributed by atoms with van der Waals surface area (Å²) in [6, 6.07) is 6.17. The molecule has 0 bridgehead atoms. The van der Waals surface area contributed by atoms with Crippen molar-refractivity contribution in [3.05, 3.63) is 48.2 Å². The summed E-state index contributed by atoms with van der Waals surface area (Å²) in [5, 5.41) is 2.66. The Hall–Kier alpha value is -2.54. The van der Waals surface area contributed by atoms with E-state index in [4.69, 9.17) is 4.74 Å². The van der Waals surface area contributed by atoms with E-state index in [1.54, 1.807) is 29.7 Å². The lowest BCUT2D eigenvalue weighted by Gasteiger charge is -2.12. The summed E-state index contributed by atoms with van der Waals surface area (Å²) in [6.45, 7) is 8.98. The fraction of sp³-hybridized carbons (Fsp3) is 0.278. The quantitative estimate of drug-likeness (QED) is 0.801. The summed E-state index contributed by atoms with van der Waals surface area (Å²) in [6.07, 6.45) is 1.65. The van der Waals surface area contributed by atoms with Crippen LogP contribution in [0.25, 0.3) is 0 Å². The highest BCUT2D eigenvalue weighted by atomic mass is 32.2. The molecule has 7 heteroatoms. The summed E-state index contributed by atoms with van der Waals surface area (Å²) in [7, 11) is -2.30. The van der Waals surface area contributed by atoms with Crippen LogP contribution in [-0.4, -0.2) is 26.0 Å². The Balaban J connectivity index is 2.72. The topological polar surface area (TPSA) is 77.4 Å². The average Bonchev–Trinajstić information content (AvgIpc) is 2.79. The molecule has 0 aliphatic carbocycles. The molecule has 2 rings (SSSR count). The van der Waals surface area contributed by atoms with E-state index in [1.807, 2.05) is 6.92 Å². The van der Waals surface area contributed by atoms with Gasteiger partial charge >= 0.3 is 0 Å². The first-order valence-corrected chi connectivity index (χ1v) is 9.19. The SMILES string of the molecule is C=CCn1c(C)c(C)c(S(=O)(=O)c2ccc(OC)cc2)c1NC(C)=O. The van der Waals surface area contributed by atoms with Crippen LogP contribution in [0.15, 0.2) is 46.7 Å². The van der Waals surface area contributed by atoms with Crippen molar-refractivity contribution in [3.63, 3.8) is 0 Å². The van der Waals surface area contributed by atoms with Gasteiger partial charge in [-0.3, -0.25) is 4.79 Å². The van der Waals surface area contributed by atoms with Gasteiger partial charge in [0, 0.05) is 19.2 Å². The monoisotopic (exact) mass is 362 g/mol. The van der Waals surface area contributed by atoms with Crippen LogP contribution in [0, 0.1) is 13.8 Å². The molecule has 0 saturated carbocycles. The molecule has 0 saturated heterocycles. The summed E-state index contributed by atoms with van der Waals surface area (Å²) in [5.74, 6) is 0.491. The molecular weight excluding hydrogens is 340 g/mol. The molecule has 0 unspecified atom stereocenters. The summed E-state index contributed by atoms with van der Waals surface area (Å²) < 4.78 is 33.2. The van der Waals surface area contributed by atoms with Crippen LogP contribution in [-0.2, 0) is 21.2 Å². The van der Waals surface area contributed by atoms with Gasteiger partial charge in [-0.05, 0) is 43.7 Å². The van der Waals surface area contributed by atoms with Crippen LogP contribution < -0.4 is 10.1 Å². The molecule has 2 aromatic rings. The Kier molecular flexibility index (Phi) is 5.37. The standard InChI is InChI=1S/C18H22N2O4S/c1-6-11-20-13(3)12(2)17(18(20)19-14(4)21)25(22,23)16-9-7-15(24-5)8-10-16/h6-10H,1,11H2,2-5H3,(H,19,21). The minimum atomic E-state index is -3.82. The highest BCUT2D eigenvalue weighted by Gasteiger charge is 2.29. The number of carbonyl (C=O) groups is 1. The molecule has 1 amide bonds. The Bertz CT molecular complexity index is 910. The molecule has 6 nitrogen and oxygen atoms in total. The average molecular weight is 362 g/mol. The van der Waals surface area contributed by atoms with Crippen molar-refractivity contribution in [2.24, 2.45) is 0 Å². The van der Waals surface area contributed by atoms with Gasteiger partial charge in [0.2, 0.25) is 15.7 Å². The van der Waals surface area contributed by atoms with Gasteiger partial charge in [0.1, 0.15) is 16.5 Å². The fourth-order valence-electron chi connectivity index (χ4n) is 2.68. The molecule has 0 fully saturated rings. The van der Waals surface area contributed by atoms with E-state index < -0.39 is 9.84 Å². The molecule has 0 radical (unpaired) electrons. The first-order valence-electron chi connectivity index (χ1n) is 7.71. The summed E-state index contributed by atoms with van der Waals surface area (Å²) >= 11 is 0. The molecule has 1 heterocycles. The van der Waals surface area contributed by atoms with E-state index in [0.29, 0.717) is 17.9 Å². The first kappa shape index (κ1) is 18.8. The number of carbonyl (C=O) groups excluding carboxylic acids is 1. The lowest BCUT2D eigenvalue weighted by Crippen LogP contribution is -2.15. The third kappa shape index (κ3) is 3.46. The maximum atomic E-state index is 13.2. The predicted molar refractivity (Wildman–Crippen MR) is 96.9 cm³/mol. The minimum absolute atomic E-state index is 0.104. The molecule has 0 spiro atoms. The molecule has 25 heavy (non-hydrogen) atoms. The van der Waals surface area contributed by atoms with E-state index in [0.717, 1.165) is 5.69 Å². The minimum Gasteiger partial charge on any atom is -0.497 e. The largest absolute Gasteiger partial charge is 0.497 e. The van der Waals surface area contributed by atoms with E-state index in [2.05, 4.69) is 11.9 Å². The van der Waals surface area contributed by atoms with Gasteiger partial charge < -0.3 is 14.6 Å². The number of ether oxygens (including phenoxy) is 1. The molecular formula is C18H22N2O4S. The van der Waals surface area contributed by atoms with Crippen molar-refractivity contribution < 1.29 is 17.9 Å². The number of hydrogen-bond donors (Lipinski definition) is 1. The molecule has 0 atom stereocenters. The zero-order valence-corrected chi connectivity index (χ0v) is 15.6. The van der Waals surface area contributed by atoms with E-state index in [1.165, 1.54) is 26.2 Å². The number of rotatable bonds is 6. The summed E-state index contributed by atoms with van der Waals surface area (Å²) in [4.78, 5) is 11.9. The van der Waals surface area contributed by atoms with Crippen LogP contribution in [0.4, 0.5) is 5.82 Å². The second kappa shape index (κ2) is 7.14. The number of aromatic nitrogens is 1. The number of nitrogens with zero attached hydrogens (tertiary/aromatic N) is 1. The zero-order valence-electron chi connectivity index (χ0n) is 14.8. The number of allylic oxidation sites excluding steroid dienone is 1. The van der Waals surface area contributed by atoms with Crippen molar-refractivity contribution >= 4 is 21.6 Å². The fourth-order valence-corrected chi connectivity index (χ4v) is 4.38. The molecule has 134 valence electrons. The molecule has 0 aliphatic rings. The number of amides is 1. The van der Waals surface area contributed by atoms with Crippen LogP contribution >= 0.6 is 0 Å². The number of anilines is 1. The molecule has 1 aromatic carbocycles. The van der Waals surface area contributed by atoms with Crippen LogP contribution in [0.2, 0.25) is 0 Å². The van der Waals surface area contributed by atoms with E-state index in [9.17, 15) is 13.2 Å². The predicted octanol–water partition coefficient (Wildman–Crippen LogP) is 3.09. The zero-order chi connectivity index (χ0) is 18.8. The molecule has 1 N–H and O–H groups in total. The highest BCUT2D eigenvalue weighted by Crippen LogP contribution is 2.35. The maximum Gasteiger partial charge on any atom is 0.222 e. The number of methoxy groups -OCH3 is 1. The van der Waals surface area contributed by atoms with Crippen molar-refractivity contribution in [2.45, 2.75) is 37.1 Å². The van der Waals surface area contributed by atoms with Gasteiger partial charge in [-0.15, -0.1) is 6.58 Å². The van der Waals surface area contributed by atoms with Gasteiger partial charge in [0.15, 0.2) is 0 Å². The Morgan fingerprint density at radius 3 is 2.36 bits per heavy atom. The number of hydrogen-bond acceptors (Lipinski definition) is 4. The van der Waals surface area contributed by atoms with Crippen LogP contribution in [0.1, 0.15) is 18.2 Å². The van der Waals surface area contributed by atoms with Crippen LogP contribution in [0.3, 0.4) is 0 Å². The van der Waals surface area contributed by atoms with Gasteiger partial charge in [-0.25, -0.2) is 8.42 Å². The first-order chi connectivity index (χ1) is 11.7. The third-order valence-electron chi connectivity index (χ3n) is 4.02. The van der Waals surface area contributed by atoms with Gasteiger partial charge in [-0.1, -0.05) is 6.08 Å². The van der Waals surface area contributed by atoms with Crippen molar-refractivity contribution in [1.82, 2.24) is 4.57 Å². The Morgan fingerprint density at radius 1 is 1.28 bits per heavy atom. The van der Waals surface area contributed by atoms with Crippen molar-refractivity contribution in [2.75, 3.05) is 12.4 Å². The van der Waals surface area contributed by atoms with Crippen molar-refractivity contribution in [1.29, 1.82) is 0 Å². The number of benzene rings is 1. The van der Waals surface area contributed by atoms with Gasteiger partial charge in [-0.2, -0.15) is 0 Å². The third-order valence-corrected chi connectivity index (χ3v) is 5.95. The molecule has 1 aromatic heterocycles. The summed E-state index contributed by atoms with van der Waals surface area (Å²) in [5.41, 5.74) is 1.36. The maximum absolute atomic E-state index is 13.2. The normalized spacial score (nSPS) is 11.2. The number of nitrogens with one attached hydrogen (secondary N) is 1. The second-order valence-corrected chi connectivity index (χ2v) is 7.53. The second-order valence-electron chi connectivity index (χ2n) is 5.65. The van der Waals surface area contributed by atoms with Gasteiger partial charge in [0.25, 0.3) is 0 Å². The van der Waals surface area contributed by atoms with Crippen LogP contribution in [0.5, 0.6) is 5.75 Å². The lowest BCUT2D eigenvalue weighted by atomic mass is 10.3. The smallest absolute Gasteiger partial charge is 0.222 e. The van der Waals surface area contributed by atoms with Crippen molar-refractivity contribution in [3.8, 4) is 5.75 Å². The number of sulfone groups is 1. The Labute approximate surface area is 148 Å². The molecule has 0 aliphatic heterocycles. The van der Waals surface area contributed by atoms with Gasteiger partial charge in [0.05, 0.1) is 12.0 Å². The highest BCUT2D eigenvalue weighted by molar-refractivity contribution is 7.91. The lowest BCUT2D eigenvalue weighted by molar-refractivity contribution is -0.114.